The largest absolute Gasteiger partial charge is 0.454 e. The Bertz CT molecular complexity index is 1160. The minimum atomic E-state index is -0.608. The van der Waals surface area contributed by atoms with Crippen molar-refractivity contribution < 1.29 is 19.1 Å². The molecule has 0 spiro atoms. The number of nitrogens with one attached hydrogen (secondary N) is 2. The van der Waals surface area contributed by atoms with Gasteiger partial charge in [-0.05, 0) is 68.6 Å². The van der Waals surface area contributed by atoms with Crippen molar-refractivity contribution in [2.45, 2.75) is 69.5 Å². The molecule has 2 aliphatic heterocycles. The standard InChI is InChI=1S/C32H40N2O4/c1-24(11-12-28(35)37-31(15-19-33-20-16-31)26-8-4-3-5-9-26)25-7-6-10-27(23-25)32(17-21-34-22-18-32)38-29(36)30(2)13-14-30/h3-12,23-24,33-34H,13-22H2,1-2H3/b12-11+. The molecule has 2 aromatic rings. The molecule has 0 bridgehead atoms. The highest BCUT2D eigenvalue weighted by atomic mass is 16.6. The lowest BCUT2D eigenvalue weighted by Gasteiger charge is -2.38. The molecule has 1 aliphatic carbocycles. The quantitative estimate of drug-likeness (QED) is 0.376. The number of piperidine rings is 2. The molecule has 202 valence electrons. The third-order valence-corrected chi connectivity index (χ3v) is 8.66. The Morgan fingerprint density at radius 3 is 1.97 bits per heavy atom. The smallest absolute Gasteiger partial charge is 0.331 e. The van der Waals surface area contributed by atoms with Crippen LogP contribution < -0.4 is 10.6 Å². The Balaban J connectivity index is 1.31. The fraction of sp³-hybridized carbons (Fsp3) is 0.500. The molecule has 5 rings (SSSR count). The lowest BCUT2D eigenvalue weighted by Crippen LogP contribution is -2.44. The van der Waals surface area contributed by atoms with Crippen molar-refractivity contribution in [2.75, 3.05) is 26.2 Å². The topological polar surface area (TPSA) is 76.7 Å². The summed E-state index contributed by atoms with van der Waals surface area (Å²) in [4.78, 5) is 26.0. The van der Waals surface area contributed by atoms with Crippen molar-refractivity contribution in [3.8, 4) is 0 Å². The van der Waals surface area contributed by atoms with Gasteiger partial charge in [-0.25, -0.2) is 4.79 Å². The number of esters is 2. The van der Waals surface area contributed by atoms with Crippen LogP contribution in [0.5, 0.6) is 0 Å². The number of allylic oxidation sites excluding steroid dienone is 1. The van der Waals surface area contributed by atoms with Crippen LogP contribution in [0.1, 0.15) is 75.0 Å². The van der Waals surface area contributed by atoms with Gasteiger partial charge >= 0.3 is 11.9 Å². The number of carbonyl (C=O) groups is 2. The Kier molecular flexibility index (Phi) is 7.73. The number of benzene rings is 2. The van der Waals surface area contributed by atoms with E-state index in [1.807, 2.05) is 49.4 Å². The van der Waals surface area contributed by atoms with Crippen molar-refractivity contribution in [2.24, 2.45) is 5.41 Å². The molecule has 0 aromatic heterocycles. The van der Waals surface area contributed by atoms with Crippen molar-refractivity contribution in [3.63, 3.8) is 0 Å². The van der Waals surface area contributed by atoms with Gasteiger partial charge in [0.2, 0.25) is 0 Å². The van der Waals surface area contributed by atoms with E-state index in [-0.39, 0.29) is 23.3 Å². The average molecular weight is 517 g/mol. The average Bonchev–Trinajstić information content (AvgIpc) is 3.72. The summed E-state index contributed by atoms with van der Waals surface area (Å²) in [5.41, 5.74) is 1.64. The molecule has 6 heteroatoms. The third-order valence-electron chi connectivity index (χ3n) is 8.66. The zero-order chi connectivity index (χ0) is 26.6. The van der Waals surface area contributed by atoms with E-state index >= 15 is 0 Å². The summed E-state index contributed by atoms with van der Waals surface area (Å²) in [7, 11) is 0. The van der Waals surface area contributed by atoms with Gasteiger partial charge < -0.3 is 20.1 Å². The number of carbonyl (C=O) groups excluding carboxylic acids is 2. The first-order valence-corrected chi connectivity index (χ1v) is 14.1. The first-order valence-electron chi connectivity index (χ1n) is 14.1. The Morgan fingerprint density at radius 1 is 0.789 bits per heavy atom. The van der Waals surface area contributed by atoms with Crippen LogP contribution >= 0.6 is 0 Å². The Morgan fingerprint density at radius 2 is 1.37 bits per heavy atom. The summed E-state index contributed by atoms with van der Waals surface area (Å²) in [5.74, 6) is -0.399. The summed E-state index contributed by atoms with van der Waals surface area (Å²) < 4.78 is 12.4. The lowest BCUT2D eigenvalue weighted by molar-refractivity contribution is -0.170. The van der Waals surface area contributed by atoms with E-state index in [2.05, 4.69) is 35.8 Å². The molecule has 0 radical (unpaired) electrons. The molecule has 2 N–H and O–H groups in total. The van der Waals surface area contributed by atoms with Crippen LogP contribution in [-0.2, 0) is 30.3 Å². The van der Waals surface area contributed by atoms with Gasteiger partial charge in [0.1, 0.15) is 11.2 Å². The van der Waals surface area contributed by atoms with Gasteiger partial charge in [-0.3, -0.25) is 4.79 Å². The molecule has 6 nitrogen and oxygen atoms in total. The van der Waals surface area contributed by atoms with Crippen LogP contribution in [-0.4, -0.2) is 38.1 Å². The number of hydrogen-bond acceptors (Lipinski definition) is 6. The molecule has 0 amide bonds. The lowest BCUT2D eigenvalue weighted by atomic mass is 9.82. The maximum Gasteiger partial charge on any atom is 0.331 e. The van der Waals surface area contributed by atoms with Gasteiger partial charge in [0.15, 0.2) is 0 Å². The number of hydrogen-bond donors (Lipinski definition) is 2. The SMILES string of the molecule is CC(/C=C/C(=O)OC1(c2ccccc2)CCNCC1)c1cccc(C2(OC(=O)C3(C)CC3)CCNCC2)c1. The summed E-state index contributed by atoms with van der Waals surface area (Å²) in [6.45, 7) is 7.33. The second kappa shape index (κ2) is 11.0. The van der Waals surface area contributed by atoms with Gasteiger partial charge in [-0.1, -0.05) is 67.6 Å². The Hall–Kier alpha value is -2.96. The predicted octanol–water partition coefficient (Wildman–Crippen LogP) is 5.09. The zero-order valence-corrected chi connectivity index (χ0v) is 22.6. The van der Waals surface area contributed by atoms with Gasteiger partial charge in [0.05, 0.1) is 5.41 Å². The van der Waals surface area contributed by atoms with Crippen LogP contribution in [0.4, 0.5) is 0 Å². The highest BCUT2D eigenvalue weighted by molar-refractivity contribution is 5.82. The molecule has 2 heterocycles. The maximum atomic E-state index is 13.0. The number of ether oxygens (including phenoxy) is 2. The molecule has 1 saturated carbocycles. The fourth-order valence-electron chi connectivity index (χ4n) is 5.66. The summed E-state index contributed by atoms with van der Waals surface area (Å²) >= 11 is 0. The minimum Gasteiger partial charge on any atom is -0.454 e. The second-order valence-corrected chi connectivity index (χ2v) is 11.5. The highest BCUT2D eigenvalue weighted by Gasteiger charge is 2.50. The van der Waals surface area contributed by atoms with E-state index in [9.17, 15) is 9.59 Å². The van der Waals surface area contributed by atoms with E-state index in [0.29, 0.717) is 0 Å². The summed E-state index contributed by atoms with van der Waals surface area (Å²) in [6, 6.07) is 18.4. The zero-order valence-electron chi connectivity index (χ0n) is 22.6. The molecule has 2 aromatic carbocycles. The molecule has 1 atom stereocenters. The first kappa shape index (κ1) is 26.6. The molecule has 3 aliphatic rings. The molecule has 3 fully saturated rings. The molecular weight excluding hydrogens is 476 g/mol. The van der Waals surface area contributed by atoms with E-state index in [4.69, 9.17) is 9.47 Å². The molecular formula is C32H40N2O4. The van der Waals surface area contributed by atoms with E-state index in [1.54, 1.807) is 6.08 Å². The van der Waals surface area contributed by atoms with E-state index in [0.717, 1.165) is 81.4 Å². The van der Waals surface area contributed by atoms with Crippen LogP contribution in [0.3, 0.4) is 0 Å². The summed E-state index contributed by atoms with van der Waals surface area (Å²) in [5, 5.41) is 6.77. The van der Waals surface area contributed by atoms with E-state index < -0.39 is 11.2 Å². The van der Waals surface area contributed by atoms with Crippen molar-refractivity contribution >= 4 is 11.9 Å². The highest BCUT2D eigenvalue weighted by Crippen LogP contribution is 2.48. The van der Waals surface area contributed by atoms with E-state index in [1.165, 1.54) is 0 Å². The van der Waals surface area contributed by atoms with Crippen molar-refractivity contribution in [1.82, 2.24) is 10.6 Å². The van der Waals surface area contributed by atoms with Gasteiger partial charge in [-0.15, -0.1) is 0 Å². The molecule has 38 heavy (non-hydrogen) atoms. The fourth-order valence-corrected chi connectivity index (χ4v) is 5.66. The predicted molar refractivity (Wildman–Crippen MR) is 148 cm³/mol. The minimum absolute atomic E-state index is 0.00128. The third kappa shape index (κ3) is 5.71. The normalized spacial score (nSPS) is 22.4. The van der Waals surface area contributed by atoms with Crippen LogP contribution in [0, 0.1) is 5.41 Å². The molecule has 2 saturated heterocycles. The number of rotatable bonds is 8. The van der Waals surface area contributed by atoms with Crippen molar-refractivity contribution in [3.05, 3.63) is 83.4 Å². The first-order chi connectivity index (χ1) is 18.3. The van der Waals surface area contributed by atoms with Gasteiger partial charge in [0.25, 0.3) is 0 Å². The van der Waals surface area contributed by atoms with Crippen LogP contribution in [0.2, 0.25) is 0 Å². The summed E-state index contributed by atoms with van der Waals surface area (Å²) in [6.07, 6.45) is 8.30. The van der Waals surface area contributed by atoms with Gasteiger partial charge in [0, 0.05) is 31.8 Å². The maximum absolute atomic E-state index is 13.0. The monoisotopic (exact) mass is 516 g/mol. The second-order valence-electron chi connectivity index (χ2n) is 11.5. The van der Waals surface area contributed by atoms with Crippen LogP contribution in [0.25, 0.3) is 0 Å². The Labute approximate surface area is 226 Å². The van der Waals surface area contributed by atoms with Crippen molar-refractivity contribution in [1.29, 1.82) is 0 Å². The van der Waals surface area contributed by atoms with Gasteiger partial charge in [-0.2, -0.15) is 0 Å². The molecule has 1 unspecified atom stereocenters. The van der Waals surface area contributed by atoms with Crippen LogP contribution in [0.15, 0.2) is 66.7 Å².